The molecule has 5 aromatic rings. The Labute approximate surface area is 299 Å². The number of carbonyl (C=O) groups is 2. The largest absolute Gasteiger partial charge is 0.457 e. The Kier molecular flexibility index (Phi) is 12.3. The van der Waals surface area contributed by atoms with E-state index >= 15 is 0 Å². The van der Waals surface area contributed by atoms with E-state index in [-0.39, 0.29) is 35.5 Å². The topological polar surface area (TPSA) is 96.0 Å². The standard InChI is InChI=1S/C40H40ClN3O5S/c1-3-30(2)42-40(46)38(27-31-13-7-4-8-14-31)43(28-32-19-21-33(41)22-20-32)39(45)29-44(50(47,48)37-17-11-6-12-18-37)34-23-25-36(26-24-34)49-35-15-9-5-10-16-35/h4-26,30,38H,3,27-29H2,1-2H3,(H,42,46)/t30-,38-/m0/s1. The molecule has 1 N–H and O–H groups in total. The summed E-state index contributed by atoms with van der Waals surface area (Å²) in [5.41, 5.74) is 1.85. The third-order valence-electron chi connectivity index (χ3n) is 8.25. The lowest BCUT2D eigenvalue weighted by Crippen LogP contribution is -2.54. The predicted molar refractivity (Wildman–Crippen MR) is 198 cm³/mol. The number of sulfonamides is 1. The first-order chi connectivity index (χ1) is 24.1. The Morgan fingerprint density at radius 2 is 1.30 bits per heavy atom. The van der Waals surface area contributed by atoms with Crippen molar-refractivity contribution in [2.24, 2.45) is 0 Å². The summed E-state index contributed by atoms with van der Waals surface area (Å²) in [6, 6.07) is 39.1. The van der Waals surface area contributed by atoms with E-state index in [1.807, 2.05) is 74.5 Å². The summed E-state index contributed by atoms with van der Waals surface area (Å²) in [6.45, 7) is 3.36. The molecule has 0 unspecified atom stereocenters. The molecule has 5 aromatic carbocycles. The SMILES string of the molecule is CC[C@H](C)NC(=O)[C@H](Cc1ccccc1)N(Cc1ccc(Cl)cc1)C(=O)CN(c1ccc(Oc2ccccc2)cc1)S(=O)(=O)c1ccccc1. The molecular formula is C40H40ClN3O5S. The Bertz CT molecular complexity index is 1940. The van der Waals surface area contributed by atoms with Gasteiger partial charge in [-0.15, -0.1) is 0 Å². The fraction of sp³-hybridized carbons (Fsp3) is 0.200. The predicted octanol–water partition coefficient (Wildman–Crippen LogP) is 7.88. The molecule has 0 aliphatic carbocycles. The Morgan fingerprint density at radius 3 is 1.90 bits per heavy atom. The number of hydrogen-bond donors (Lipinski definition) is 1. The molecule has 10 heteroatoms. The highest BCUT2D eigenvalue weighted by Gasteiger charge is 2.35. The van der Waals surface area contributed by atoms with Crippen molar-refractivity contribution < 1.29 is 22.7 Å². The van der Waals surface area contributed by atoms with Crippen LogP contribution >= 0.6 is 11.6 Å². The molecule has 2 atom stereocenters. The Hall–Kier alpha value is -5.12. The van der Waals surface area contributed by atoms with Gasteiger partial charge in [-0.3, -0.25) is 13.9 Å². The molecule has 2 amide bonds. The molecule has 0 saturated carbocycles. The number of amides is 2. The van der Waals surface area contributed by atoms with Crippen LogP contribution in [-0.2, 0) is 32.6 Å². The quantitative estimate of drug-likeness (QED) is 0.119. The number of anilines is 1. The van der Waals surface area contributed by atoms with Crippen molar-refractivity contribution in [3.63, 3.8) is 0 Å². The van der Waals surface area contributed by atoms with E-state index < -0.39 is 28.5 Å². The molecule has 0 bridgehead atoms. The van der Waals surface area contributed by atoms with Crippen LogP contribution in [0.15, 0.2) is 144 Å². The van der Waals surface area contributed by atoms with Gasteiger partial charge in [0.05, 0.1) is 10.6 Å². The molecule has 0 radical (unpaired) electrons. The molecule has 50 heavy (non-hydrogen) atoms. The van der Waals surface area contributed by atoms with Gasteiger partial charge >= 0.3 is 0 Å². The van der Waals surface area contributed by atoms with Crippen LogP contribution < -0.4 is 14.4 Å². The minimum atomic E-state index is -4.23. The van der Waals surface area contributed by atoms with E-state index in [0.717, 1.165) is 15.4 Å². The number of halogens is 1. The highest BCUT2D eigenvalue weighted by atomic mass is 35.5. The zero-order valence-corrected chi connectivity index (χ0v) is 29.6. The van der Waals surface area contributed by atoms with Crippen LogP contribution in [0.4, 0.5) is 5.69 Å². The Morgan fingerprint density at radius 1 is 0.740 bits per heavy atom. The molecule has 5 rings (SSSR count). The number of nitrogens with zero attached hydrogens (tertiary/aromatic N) is 2. The summed E-state index contributed by atoms with van der Waals surface area (Å²) < 4.78 is 35.6. The summed E-state index contributed by atoms with van der Waals surface area (Å²) in [5, 5.41) is 3.58. The van der Waals surface area contributed by atoms with E-state index in [4.69, 9.17) is 16.3 Å². The highest BCUT2D eigenvalue weighted by Crippen LogP contribution is 2.29. The number of nitrogens with one attached hydrogen (secondary N) is 1. The van der Waals surface area contributed by atoms with Crippen LogP contribution in [0.25, 0.3) is 0 Å². The smallest absolute Gasteiger partial charge is 0.264 e. The van der Waals surface area contributed by atoms with Gasteiger partial charge in [-0.2, -0.15) is 0 Å². The maximum atomic E-state index is 14.7. The summed E-state index contributed by atoms with van der Waals surface area (Å²) in [4.78, 5) is 30.2. The minimum Gasteiger partial charge on any atom is -0.457 e. The summed E-state index contributed by atoms with van der Waals surface area (Å²) in [6.07, 6.45) is 0.918. The second kappa shape index (κ2) is 17.0. The number of carbonyl (C=O) groups excluding carboxylic acids is 2. The maximum absolute atomic E-state index is 14.7. The lowest BCUT2D eigenvalue weighted by molar-refractivity contribution is -0.140. The number of para-hydroxylation sites is 1. The molecular weight excluding hydrogens is 670 g/mol. The summed E-state index contributed by atoms with van der Waals surface area (Å²) in [5.74, 6) is 0.245. The second-order valence-corrected chi connectivity index (χ2v) is 14.2. The molecule has 0 saturated heterocycles. The summed E-state index contributed by atoms with van der Waals surface area (Å²) >= 11 is 6.18. The Balaban J connectivity index is 1.55. The third-order valence-corrected chi connectivity index (χ3v) is 10.3. The molecule has 0 aliphatic rings. The van der Waals surface area contributed by atoms with Gasteiger partial charge < -0.3 is 15.0 Å². The first-order valence-electron chi connectivity index (χ1n) is 16.4. The molecule has 0 fully saturated rings. The van der Waals surface area contributed by atoms with Crippen molar-refractivity contribution in [1.29, 1.82) is 0 Å². The average molecular weight is 710 g/mol. The van der Waals surface area contributed by atoms with Gasteiger partial charge in [0, 0.05) is 24.0 Å². The molecule has 0 spiro atoms. The first-order valence-corrected chi connectivity index (χ1v) is 18.2. The molecule has 0 aromatic heterocycles. The zero-order valence-electron chi connectivity index (χ0n) is 28.0. The lowest BCUT2D eigenvalue weighted by atomic mass is 10.0. The zero-order chi connectivity index (χ0) is 35.5. The van der Waals surface area contributed by atoms with Crippen LogP contribution in [0.5, 0.6) is 11.5 Å². The van der Waals surface area contributed by atoms with Crippen LogP contribution in [0.3, 0.4) is 0 Å². The van der Waals surface area contributed by atoms with E-state index in [9.17, 15) is 18.0 Å². The normalized spacial score (nSPS) is 12.4. The van der Waals surface area contributed by atoms with Gasteiger partial charge in [0.2, 0.25) is 11.8 Å². The van der Waals surface area contributed by atoms with Crippen molar-refractivity contribution in [3.05, 3.63) is 156 Å². The van der Waals surface area contributed by atoms with Gasteiger partial charge in [-0.25, -0.2) is 8.42 Å². The van der Waals surface area contributed by atoms with E-state index in [1.165, 1.54) is 17.0 Å². The van der Waals surface area contributed by atoms with Crippen LogP contribution in [0.2, 0.25) is 5.02 Å². The molecule has 258 valence electrons. The second-order valence-electron chi connectivity index (χ2n) is 11.9. The van der Waals surface area contributed by atoms with E-state index in [0.29, 0.717) is 22.9 Å². The van der Waals surface area contributed by atoms with Crippen LogP contribution in [0.1, 0.15) is 31.4 Å². The number of rotatable bonds is 15. The number of ether oxygens (including phenoxy) is 1. The molecule has 0 heterocycles. The number of benzene rings is 5. The fourth-order valence-electron chi connectivity index (χ4n) is 5.34. The van der Waals surface area contributed by atoms with E-state index in [1.54, 1.807) is 66.7 Å². The van der Waals surface area contributed by atoms with Gasteiger partial charge in [0.25, 0.3) is 10.0 Å². The lowest BCUT2D eigenvalue weighted by Gasteiger charge is -2.34. The van der Waals surface area contributed by atoms with Crippen molar-refractivity contribution in [1.82, 2.24) is 10.2 Å². The van der Waals surface area contributed by atoms with Gasteiger partial charge in [0.15, 0.2) is 0 Å². The minimum absolute atomic E-state index is 0.0250. The van der Waals surface area contributed by atoms with E-state index in [2.05, 4.69) is 5.32 Å². The van der Waals surface area contributed by atoms with Crippen LogP contribution in [0, 0.1) is 0 Å². The molecule has 8 nitrogen and oxygen atoms in total. The van der Waals surface area contributed by atoms with Crippen molar-refractivity contribution in [2.75, 3.05) is 10.8 Å². The third kappa shape index (κ3) is 9.52. The molecule has 0 aliphatic heterocycles. The van der Waals surface area contributed by atoms with Crippen molar-refractivity contribution >= 4 is 39.1 Å². The number of hydrogen-bond acceptors (Lipinski definition) is 5. The monoisotopic (exact) mass is 709 g/mol. The van der Waals surface area contributed by atoms with Gasteiger partial charge in [0.1, 0.15) is 24.1 Å². The maximum Gasteiger partial charge on any atom is 0.264 e. The fourth-order valence-corrected chi connectivity index (χ4v) is 6.90. The van der Waals surface area contributed by atoms with Gasteiger partial charge in [-0.1, -0.05) is 97.4 Å². The van der Waals surface area contributed by atoms with Gasteiger partial charge in [-0.05, 0) is 85.1 Å². The first kappa shape index (κ1) is 36.2. The average Bonchev–Trinajstić information content (AvgIpc) is 3.14. The van der Waals surface area contributed by atoms with Crippen molar-refractivity contribution in [3.8, 4) is 11.5 Å². The summed E-state index contributed by atoms with van der Waals surface area (Å²) in [7, 11) is -4.23. The highest BCUT2D eigenvalue weighted by molar-refractivity contribution is 7.92. The van der Waals surface area contributed by atoms with Crippen molar-refractivity contribution in [2.45, 2.75) is 50.2 Å². The van der Waals surface area contributed by atoms with Crippen LogP contribution in [-0.4, -0.2) is 43.8 Å².